The quantitative estimate of drug-likeness (QED) is 0.563. The Balaban J connectivity index is 2.04. The summed E-state index contributed by atoms with van der Waals surface area (Å²) in [5.41, 5.74) is -0.195. The van der Waals surface area contributed by atoms with Crippen molar-refractivity contribution in [3.63, 3.8) is 0 Å². The number of imide groups is 1. The first-order valence-corrected chi connectivity index (χ1v) is 8.06. The number of aromatic amines is 1. The van der Waals surface area contributed by atoms with Gasteiger partial charge in [-0.3, -0.25) is 19.5 Å². The van der Waals surface area contributed by atoms with E-state index in [0.29, 0.717) is 11.3 Å². The molecule has 0 spiro atoms. The molecule has 3 amide bonds. The second-order valence-electron chi connectivity index (χ2n) is 4.95. The molecular weight excluding hydrogens is 352 g/mol. The number of aromatic nitrogens is 4. The first-order valence-electron chi connectivity index (χ1n) is 7.07. The Kier molecular flexibility index (Phi) is 5.75. The molecule has 0 saturated carbocycles. The number of carbonyl (C=O) groups is 2. The molecule has 0 aliphatic rings. The summed E-state index contributed by atoms with van der Waals surface area (Å²) in [6.45, 7) is 1.60. The lowest BCUT2D eigenvalue weighted by Gasteiger charge is -2.04. The predicted octanol–water partition coefficient (Wildman–Crippen LogP) is -1.10. The number of rotatable bonds is 5. The van der Waals surface area contributed by atoms with Gasteiger partial charge in [-0.1, -0.05) is 11.8 Å². The number of nitrogens with one attached hydrogen (secondary N) is 3. The van der Waals surface area contributed by atoms with Crippen LogP contribution in [0.1, 0.15) is 17.1 Å². The molecule has 0 unspecified atom stereocenters. The summed E-state index contributed by atoms with van der Waals surface area (Å²) in [6, 6.07) is -0.610. The van der Waals surface area contributed by atoms with E-state index in [2.05, 4.69) is 25.8 Å². The largest absolute Gasteiger partial charge is 0.416 e. The third kappa shape index (κ3) is 4.56. The first kappa shape index (κ1) is 18.4. The van der Waals surface area contributed by atoms with Gasteiger partial charge in [-0.05, 0) is 6.92 Å². The summed E-state index contributed by atoms with van der Waals surface area (Å²) in [5.74, 6) is -0.440. The highest BCUT2D eigenvalue weighted by Gasteiger charge is 2.15. The lowest BCUT2D eigenvalue weighted by atomic mass is 10.2. The highest BCUT2D eigenvalue weighted by atomic mass is 32.2. The molecular formula is C13H16N6O5S. The third-order valence-electron chi connectivity index (χ3n) is 3.20. The summed E-state index contributed by atoms with van der Waals surface area (Å²) in [7, 11) is 2.76. The van der Waals surface area contributed by atoms with Crippen molar-refractivity contribution in [3.05, 3.63) is 38.0 Å². The average molecular weight is 368 g/mol. The number of aryl methyl sites for hydroxylation is 1. The van der Waals surface area contributed by atoms with Gasteiger partial charge in [0.05, 0.1) is 12.2 Å². The standard InChI is InChI=1S/C13H16N6O5S/c1-6-7(10(21)19(3)12(23)15-6)4-9-17-18-13(24-9)25-5-8(20)16-11(22)14-2/h4-5H2,1-3H3,(H,15,23)(H2,14,16,20,22). The zero-order chi connectivity index (χ0) is 18.6. The molecule has 2 rings (SSSR count). The number of urea groups is 1. The predicted molar refractivity (Wildman–Crippen MR) is 87.5 cm³/mol. The van der Waals surface area contributed by atoms with Gasteiger partial charge in [0.15, 0.2) is 0 Å². The van der Waals surface area contributed by atoms with Crippen molar-refractivity contribution >= 4 is 23.7 Å². The summed E-state index contributed by atoms with van der Waals surface area (Å²) in [6.07, 6.45) is 0.0489. The maximum Gasteiger partial charge on any atom is 0.328 e. The summed E-state index contributed by atoms with van der Waals surface area (Å²) in [5, 5.41) is 12.1. The van der Waals surface area contributed by atoms with Crippen LogP contribution in [0.15, 0.2) is 19.2 Å². The zero-order valence-corrected chi connectivity index (χ0v) is 14.5. The average Bonchev–Trinajstić information content (AvgIpc) is 3.02. The Labute approximate surface area is 145 Å². The van der Waals surface area contributed by atoms with Gasteiger partial charge >= 0.3 is 11.7 Å². The van der Waals surface area contributed by atoms with Crippen molar-refractivity contribution in [3.8, 4) is 0 Å². The van der Waals surface area contributed by atoms with Crippen LogP contribution < -0.4 is 21.9 Å². The lowest BCUT2D eigenvalue weighted by Crippen LogP contribution is -2.38. The van der Waals surface area contributed by atoms with Gasteiger partial charge in [-0.2, -0.15) is 0 Å². The first-order chi connectivity index (χ1) is 11.8. The molecule has 2 aromatic rings. The topological polar surface area (TPSA) is 152 Å². The maximum absolute atomic E-state index is 12.1. The fourth-order valence-electron chi connectivity index (χ4n) is 1.85. The molecule has 134 valence electrons. The Morgan fingerprint density at radius 3 is 2.72 bits per heavy atom. The van der Waals surface area contributed by atoms with Gasteiger partial charge in [0.2, 0.25) is 11.8 Å². The summed E-state index contributed by atoms with van der Waals surface area (Å²) < 4.78 is 6.33. The van der Waals surface area contributed by atoms with E-state index in [1.54, 1.807) is 6.92 Å². The highest BCUT2D eigenvalue weighted by molar-refractivity contribution is 7.99. The molecule has 0 bridgehead atoms. The highest BCUT2D eigenvalue weighted by Crippen LogP contribution is 2.17. The molecule has 12 heteroatoms. The van der Waals surface area contributed by atoms with E-state index >= 15 is 0 Å². The number of H-pyrrole nitrogens is 1. The molecule has 2 aromatic heterocycles. The van der Waals surface area contributed by atoms with Gasteiger partial charge in [0, 0.05) is 25.4 Å². The maximum atomic E-state index is 12.1. The van der Waals surface area contributed by atoms with Crippen LogP contribution in [0.4, 0.5) is 4.79 Å². The van der Waals surface area contributed by atoms with Crippen LogP contribution in [0.3, 0.4) is 0 Å². The lowest BCUT2D eigenvalue weighted by molar-refractivity contribution is -0.117. The molecule has 2 heterocycles. The smallest absolute Gasteiger partial charge is 0.328 e. The van der Waals surface area contributed by atoms with Crippen LogP contribution in [-0.2, 0) is 18.3 Å². The number of hydrogen-bond acceptors (Lipinski definition) is 8. The molecule has 0 radical (unpaired) electrons. The van der Waals surface area contributed by atoms with Crippen LogP contribution in [-0.4, -0.2) is 44.5 Å². The molecule has 25 heavy (non-hydrogen) atoms. The number of amides is 3. The molecule has 11 nitrogen and oxygen atoms in total. The monoisotopic (exact) mass is 368 g/mol. The van der Waals surface area contributed by atoms with E-state index < -0.39 is 23.2 Å². The molecule has 0 aliphatic heterocycles. The van der Waals surface area contributed by atoms with Gasteiger partial charge in [-0.15, -0.1) is 10.2 Å². The molecule has 0 aromatic carbocycles. The van der Waals surface area contributed by atoms with E-state index in [1.165, 1.54) is 14.1 Å². The minimum atomic E-state index is -0.610. The van der Waals surface area contributed by atoms with E-state index in [4.69, 9.17) is 4.42 Å². The van der Waals surface area contributed by atoms with Gasteiger partial charge in [0.25, 0.3) is 10.8 Å². The Hall–Kier alpha value is -2.89. The van der Waals surface area contributed by atoms with Gasteiger partial charge < -0.3 is 14.7 Å². The zero-order valence-electron chi connectivity index (χ0n) is 13.7. The van der Waals surface area contributed by atoms with E-state index in [-0.39, 0.29) is 23.3 Å². The summed E-state index contributed by atoms with van der Waals surface area (Å²) >= 11 is 0.953. The minimum absolute atomic E-state index is 0.0489. The Morgan fingerprint density at radius 2 is 2.04 bits per heavy atom. The Bertz CT molecular complexity index is 914. The minimum Gasteiger partial charge on any atom is -0.416 e. The van der Waals surface area contributed by atoms with Crippen LogP contribution in [0, 0.1) is 6.92 Å². The van der Waals surface area contributed by atoms with Gasteiger partial charge in [-0.25, -0.2) is 9.59 Å². The number of hydrogen-bond donors (Lipinski definition) is 3. The van der Waals surface area contributed by atoms with Crippen LogP contribution in [0.2, 0.25) is 0 Å². The number of thioether (sulfide) groups is 1. The van der Waals surface area contributed by atoms with Crippen LogP contribution in [0.5, 0.6) is 0 Å². The SMILES string of the molecule is CNC(=O)NC(=O)CSc1nnc(Cc2c(C)[nH]c(=O)n(C)c2=O)o1. The third-order valence-corrected chi connectivity index (χ3v) is 4.02. The fourth-order valence-corrected chi connectivity index (χ4v) is 2.44. The second kappa shape index (κ2) is 7.79. The molecule has 0 saturated heterocycles. The molecule has 0 aliphatic carbocycles. The number of carbonyl (C=O) groups excluding carboxylic acids is 2. The van der Waals surface area contributed by atoms with E-state index in [0.717, 1.165) is 16.3 Å². The van der Waals surface area contributed by atoms with Crippen molar-refractivity contribution in [2.45, 2.75) is 18.6 Å². The van der Waals surface area contributed by atoms with E-state index in [9.17, 15) is 19.2 Å². The van der Waals surface area contributed by atoms with Crippen molar-refractivity contribution < 1.29 is 14.0 Å². The van der Waals surface area contributed by atoms with Gasteiger partial charge in [0.1, 0.15) is 0 Å². The van der Waals surface area contributed by atoms with Crippen molar-refractivity contribution in [2.75, 3.05) is 12.8 Å². The fraction of sp³-hybridized carbons (Fsp3) is 0.385. The molecule has 3 N–H and O–H groups in total. The molecule has 0 atom stereocenters. The van der Waals surface area contributed by atoms with Crippen molar-refractivity contribution in [1.29, 1.82) is 0 Å². The number of nitrogens with zero attached hydrogens (tertiary/aromatic N) is 3. The van der Waals surface area contributed by atoms with Crippen molar-refractivity contribution in [2.24, 2.45) is 7.05 Å². The second-order valence-corrected chi connectivity index (χ2v) is 5.88. The summed E-state index contributed by atoms with van der Waals surface area (Å²) in [4.78, 5) is 48.7. The molecule has 0 fully saturated rings. The Morgan fingerprint density at radius 1 is 1.32 bits per heavy atom. The van der Waals surface area contributed by atoms with Crippen molar-refractivity contribution in [1.82, 2.24) is 30.4 Å². The normalized spacial score (nSPS) is 10.5. The van der Waals surface area contributed by atoms with Crippen LogP contribution >= 0.6 is 11.8 Å². The van der Waals surface area contributed by atoms with Crippen LogP contribution in [0.25, 0.3) is 0 Å². The van der Waals surface area contributed by atoms with E-state index in [1.807, 2.05) is 0 Å².